The Bertz CT molecular complexity index is 1300. The number of nitrogens with zero attached hydrogens (tertiary/aromatic N) is 4. The molecule has 34 heavy (non-hydrogen) atoms. The predicted octanol–water partition coefficient (Wildman–Crippen LogP) is 3.94. The smallest absolute Gasteiger partial charge is 0.274 e. The van der Waals surface area contributed by atoms with E-state index in [4.69, 9.17) is 9.47 Å². The van der Waals surface area contributed by atoms with E-state index in [-0.39, 0.29) is 11.6 Å². The number of amides is 1. The molecule has 0 fully saturated rings. The van der Waals surface area contributed by atoms with Crippen molar-refractivity contribution >= 4 is 5.91 Å². The van der Waals surface area contributed by atoms with Crippen molar-refractivity contribution in [3.05, 3.63) is 83.3 Å². The van der Waals surface area contributed by atoms with Gasteiger partial charge < -0.3 is 14.8 Å². The van der Waals surface area contributed by atoms with Gasteiger partial charge >= 0.3 is 0 Å². The Hall–Kier alpha value is -4.20. The van der Waals surface area contributed by atoms with Gasteiger partial charge in [-0.1, -0.05) is 17.3 Å². The fraction of sp³-hybridized carbons (Fsp3) is 0.231. The van der Waals surface area contributed by atoms with Crippen molar-refractivity contribution in [3.8, 4) is 28.4 Å². The van der Waals surface area contributed by atoms with Crippen molar-refractivity contribution < 1.29 is 14.3 Å². The lowest BCUT2D eigenvalue weighted by Crippen LogP contribution is -2.26. The van der Waals surface area contributed by atoms with Crippen LogP contribution in [0.25, 0.3) is 16.9 Å². The summed E-state index contributed by atoms with van der Waals surface area (Å²) in [4.78, 5) is 17.2. The molecule has 2 aromatic carbocycles. The van der Waals surface area contributed by atoms with E-state index < -0.39 is 0 Å². The number of ether oxygens (including phenoxy) is 2. The molecule has 0 radical (unpaired) electrons. The van der Waals surface area contributed by atoms with Crippen LogP contribution in [0, 0.1) is 13.8 Å². The molecule has 0 aliphatic heterocycles. The summed E-state index contributed by atoms with van der Waals surface area (Å²) in [6.07, 6.45) is 4.00. The third-order valence-corrected chi connectivity index (χ3v) is 5.72. The molecule has 1 amide bonds. The number of carbonyl (C=O) groups excluding carboxylic acids is 1. The molecule has 0 spiro atoms. The minimum atomic E-state index is -0.289. The second-order valence-electron chi connectivity index (χ2n) is 7.90. The highest BCUT2D eigenvalue weighted by Gasteiger charge is 2.22. The minimum absolute atomic E-state index is 0.261. The molecule has 2 aromatic heterocycles. The highest BCUT2D eigenvalue weighted by molar-refractivity contribution is 5.98. The first-order chi connectivity index (χ1) is 16.5. The van der Waals surface area contributed by atoms with Gasteiger partial charge in [-0.25, -0.2) is 4.68 Å². The zero-order chi connectivity index (χ0) is 24.1. The molecule has 2 heterocycles. The van der Waals surface area contributed by atoms with Gasteiger partial charge in [0.05, 0.1) is 19.9 Å². The van der Waals surface area contributed by atoms with Crippen molar-refractivity contribution in [1.82, 2.24) is 25.3 Å². The van der Waals surface area contributed by atoms with Gasteiger partial charge in [0, 0.05) is 24.5 Å². The topological polar surface area (TPSA) is 91.2 Å². The zero-order valence-corrected chi connectivity index (χ0v) is 19.7. The molecule has 4 rings (SSSR count). The first kappa shape index (κ1) is 23.0. The maximum atomic E-state index is 13.1. The number of methoxy groups -OCH3 is 2. The van der Waals surface area contributed by atoms with Crippen LogP contribution in [0.2, 0.25) is 0 Å². The molecule has 8 nitrogen and oxygen atoms in total. The number of nitrogens with one attached hydrogen (secondary N) is 1. The van der Waals surface area contributed by atoms with E-state index >= 15 is 0 Å². The number of carbonyl (C=O) groups is 1. The van der Waals surface area contributed by atoms with Gasteiger partial charge in [0.2, 0.25) is 0 Å². The lowest BCUT2D eigenvalue weighted by atomic mass is 10.1. The van der Waals surface area contributed by atoms with E-state index in [2.05, 4.69) is 27.5 Å². The van der Waals surface area contributed by atoms with Crippen LogP contribution in [0.1, 0.15) is 27.2 Å². The molecule has 1 N–H and O–H groups in total. The third kappa shape index (κ3) is 4.76. The SMILES string of the molecule is COc1ccc(CCNC(=O)c2nnn(-c3ccc(C)c(C)c3)c2-c2ccncc2)cc1OC. The van der Waals surface area contributed by atoms with Gasteiger partial charge in [-0.05, 0) is 73.4 Å². The van der Waals surface area contributed by atoms with Crippen LogP contribution in [0.5, 0.6) is 11.5 Å². The molecule has 0 bridgehead atoms. The summed E-state index contributed by atoms with van der Waals surface area (Å²) < 4.78 is 12.3. The lowest BCUT2D eigenvalue weighted by Gasteiger charge is -2.11. The molecule has 0 saturated carbocycles. The van der Waals surface area contributed by atoms with Gasteiger partial charge in [-0.3, -0.25) is 9.78 Å². The average Bonchev–Trinajstić information content (AvgIpc) is 3.31. The van der Waals surface area contributed by atoms with Crippen molar-refractivity contribution in [1.29, 1.82) is 0 Å². The van der Waals surface area contributed by atoms with E-state index in [1.54, 1.807) is 31.3 Å². The van der Waals surface area contributed by atoms with Crippen LogP contribution < -0.4 is 14.8 Å². The fourth-order valence-electron chi connectivity index (χ4n) is 3.68. The van der Waals surface area contributed by atoms with Crippen LogP contribution in [0.15, 0.2) is 60.9 Å². The van der Waals surface area contributed by atoms with Gasteiger partial charge in [0.1, 0.15) is 5.69 Å². The Morgan fingerprint density at radius 1 is 0.941 bits per heavy atom. The predicted molar refractivity (Wildman–Crippen MR) is 130 cm³/mol. The standard InChI is InChI=1S/C26H27N5O3/c1-17-5-7-21(15-18(17)2)31-25(20-10-12-27-13-11-20)24(29-30-31)26(32)28-14-9-19-6-8-22(33-3)23(16-19)34-4/h5-8,10-13,15-16H,9,14H2,1-4H3,(H,28,32). The van der Waals surface area contributed by atoms with Gasteiger partial charge in [0.25, 0.3) is 5.91 Å². The number of benzene rings is 2. The van der Waals surface area contributed by atoms with Crippen molar-refractivity contribution in [2.75, 3.05) is 20.8 Å². The van der Waals surface area contributed by atoms with Crippen molar-refractivity contribution in [2.45, 2.75) is 20.3 Å². The van der Waals surface area contributed by atoms with E-state index in [1.165, 1.54) is 5.56 Å². The number of hydrogen-bond donors (Lipinski definition) is 1. The number of rotatable bonds is 8. The Kier molecular flexibility index (Phi) is 6.87. The minimum Gasteiger partial charge on any atom is -0.493 e. The monoisotopic (exact) mass is 457 g/mol. The van der Waals surface area contributed by atoms with E-state index in [0.717, 1.165) is 22.4 Å². The summed E-state index contributed by atoms with van der Waals surface area (Å²) in [5.74, 6) is 1.03. The van der Waals surface area contributed by atoms with Gasteiger partial charge in [-0.2, -0.15) is 0 Å². The Labute approximate surface area is 198 Å². The summed E-state index contributed by atoms with van der Waals surface area (Å²) in [6.45, 7) is 4.53. The van der Waals surface area contributed by atoms with Crippen LogP contribution in [0.4, 0.5) is 0 Å². The Balaban J connectivity index is 1.58. The van der Waals surface area contributed by atoms with E-state index in [0.29, 0.717) is 30.2 Å². The summed E-state index contributed by atoms with van der Waals surface area (Å²) in [7, 11) is 3.20. The maximum Gasteiger partial charge on any atom is 0.274 e. The zero-order valence-electron chi connectivity index (χ0n) is 19.7. The molecule has 4 aromatic rings. The van der Waals surface area contributed by atoms with E-state index in [9.17, 15) is 4.79 Å². The third-order valence-electron chi connectivity index (χ3n) is 5.72. The molecular weight excluding hydrogens is 430 g/mol. The molecule has 0 unspecified atom stereocenters. The first-order valence-electron chi connectivity index (χ1n) is 10.9. The molecule has 174 valence electrons. The molecule has 0 aliphatic rings. The summed E-state index contributed by atoms with van der Waals surface area (Å²) in [5, 5.41) is 11.5. The largest absolute Gasteiger partial charge is 0.493 e. The fourth-order valence-corrected chi connectivity index (χ4v) is 3.68. The van der Waals surface area contributed by atoms with Gasteiger partial charge in [-0.15, -0.1) is 5.10 Å². The van der Waals surface area contributed by atoms with Crippen LogP contribution in [-0.2, 0) is 6.42 Å². The lowest BCUT2D eigenvalue weighted by molar-refractivity contribution is 0.0949. The molecular formula is C26H27N5O3. The molecule has 0 saturated heterocycles. The van der Waals surface area contributed by atoms with Crippen molar-refractivity contribution in [2.24, 2.45) is 0 Å². The summed E-state index contributed by atoms with van der Waals surface area (Å²) in [6, 6.07) is 15.4. The molecule has 0 atom stereocenters. The maximum absolute atomic E-state index is 13.1. The van der Waals surface area contributed by atoms with Crippen molar-refractivity contribution in [3.63, 3.8) is 0 Å². The highest BCUT2D eigenvalue weighted by Crippen LogP contribution is 2.28. The number of pyridine rings is 1. The highest BCUT2D eigenvalue weighted by atomic mass is 16.5. The number of aryl methyl sites for hydroxylation is 2. The Morgan fingerprint density at radius 3 is 2.41 bits per heavy atom. The second kappa shape index (κ2) is 10.2. The van der Waals surface area contributed by atoms with Crippen LogP contribution >= 0.6 is 0 Å². The average molecular weight is 458 g/mol. The quantitative estimate of drug-likeness (QED) is 0.431. The van der Waals surface area contributed by atoms with Crippen LogP contribution in [-0.4, -0.2) is 46.6 Å². The summed E-state index contributed by atoms with van der Waals surface area (Å²) in [5.41, 5.74) is 5.87. The Morgan fingerprint density at radius 2 is 1.71 bits per heavy atom. The summed E-state index contributed by atoms with van der Waals surface area (Å²) >= 11 is 0. The van der Waals surface area contributed by atoms with Gasteiger partial charge in [0.15, 0.2) is 17.2 Å². The second-order valence-corrected chi connectivity index (χ2v) is 7.90. The number of aromatic nitrogens is 4. The first-order valence-corrected chi connectivity index (χ1v) is 10.9. The normalized spacial score (nSPS) is 10.7. The molecule has 0 aliphatic carbocycles. The molecule has 8 heteroatoms. The number of hydrogen-bond acceptors (Lipinski definition) is 6. The van der Waals surface area contributed by atoms with E-state index in [1.807, 2.05) is 55.5 Å². The van der Waals surface area contributed by atoms with Crippen LogP contribution in [0.3, 0.4) is 0 Å².